The van der Waals surface area contributed by atoms with E-state index in [1.807, 2.05) is 0 Å². The van der Waals surface area contributed by atoms with Gasteiger partial charge in [0, 0.05) is 13.1 Å². The van der Waals surface area contributed by atoms with E-state index in [2.05, 4.69) is 31.0 Å². The molecule has 0 unspecified atom stereocenters. The minimum absolute atomic E-state index is 0.0395. The van der Waals surface area contributed by atoms with Crippen LogP contribution in [0.3, 0.4) is 0 Å². The van der Waals surface area contributed by atoms with E-state index in [1.54, 1.807) is 0 Å². The Morgan fingerprint density at radius 2 is 2.19 bits per heavy atom. The molecule has 1 saturated heterocycles. The fourth-order valence-electron chi connectivity index (χ4n) is 1.80. The van der Waals surface area contributed by atoms with E-state index >= 15 is 0 Å². The topological polar surface area (TPSA) is 55.3 Å². The van der Waals surface area contributed by atoms with E-state index in [9.17, 15) is 4.79 Å². The number of piperidine rings is 1. The molecule has 0 aliphatic carbocycles. The van der Waals surface area contributed by atoms with Crippen molar-refractivity contribution >= 4 is 38.4 Å². The fraction of sp³-hybridized carbons (Fsp3) is 0.667. The number of hydrogen-bond donors (Lipinski definition) is 0. The average molecular weight is 306 g/mol. The molecular weight excluding hydrogens is 294 g/mol. The molecule has 0 aromatic carbocycles. The quantitative estimate of drug-likeness (QED) is 0.778. The van der Waals surface area contributed by atoms with Gasteiger partial charge in [0.1, 0.15) is 0 Å². The van der Waals surface area contributed by atoms with Crippen molar-refractivity contribution in [3.63, 3.8) is 0 Å². The molecule has 0 atom stereocenters. The van der Waals surface area contributed by atoms with Gasteiger partial charge in [-0.15, -0.1) is 10.2 Å². The van der Waals surface area contributed by atoms with E-state index in [-0.39, 0.29) is 11.9 Å². The van der Waals surface area contributed by atoms with E-state index in [0.29, 0.717) is 0 Å². The smallest absolute Gasteiger partial charge is 0.308 e. The highest BCUT2D eigenvalue weighted by molar-refractivity contribution is 9.11. The average Bonchev–Trinajstić information content (AvgIpc) is 2.75. The van der Waals surface area contributed by atoms with Gasteiger partial charge >= 0.3 is 5.97 Å². The number of carbonyl (C=O) groups is 1. The maximum absolute atomic E-state index is 11.3. The van der Waals surface area contributed by atoms with Crippen LogP contribution >= 0.6 is 27.3 Å². The third kappa shape index (κ3) is 2.52. The molecule has 1 aromatic rings. The minimum atomic E-state index is -0.0990. The van der Waals surface area contributed by atoms with E-state index in [0.717, 1.165) is 35.0 Å². The van der Waals surface area contributed by atoms with Crippen molar-refractivity contribution in [1.82, 2.24) is 10.2 Å². The highest BCUT2D eigenvalue weighted by Crippen LogP contribution is 2.28. The van der Waals surface area contributed by atoms with Gasteiger partial charge in [0.25, 0.3) is 0 Å². The van der Waals surface area contributed by atoms with E-state index in [4.69, 9.17) is 4.74 Å². The number of esters is 1. The van der Waals surface area contributed by atoms with Crippen LogP contribution in [-0.4, -0.2) is 36.4 Å². The Bertz CT molecular complexity index is 377. The lowest BCUT2D eigenvalue weighted by atomic mass is 9.97. The lowest BCUT2D eigenvalue weighted by Gasteiger charge is -2.29. The van der Waals surface area contributed by atoms with Crippen molar-refractivity contribution in [2.45, 2.75) is 12.8 Å². The van der Waals surface area contributed by atoms with Gasteiger partial charge in [-0.3, -0.25) is 4.79 Å². The van der Waals surface area contributed by atoms with Gasteiger partial charge in [-0.2, -0.15) is 0 Å². The summed E-state index contributed by atoms with van der Waals surface area (Å²) >= 11 is 4.80. The Hall–Kier alpha value is -0.690. The largest absolute Gasteiger partial charge is 0.469 e. The van der Waals surface area contributed by atoms with Crippen LogP contribution in [0, 0.1) is 5.92 Å². The molecule has 1 fully saturated rings. The molecule has 5 nitrogen and oxygen atoms in total. The SMILES string of the molecule is COC(=O)C1CCN(c2nnc(Br)s2)CC1. The van der Waals surface area contributed by atoms with Crippen molar-refractivity contribution in [1.29, 1.82) is 0 Å². The van der Waals surface area contributed by atoms with Crippen LogP contribution in [0.2, 0.25) is 0 Å². The molecule has 88 valence electrons. The van der Waals surface area contributed by atoms with Gasteiger partial charge in [0.15, 0.2) is 3.92 Å². The highest BCUT2D eigenvalue weighted by atomic mass is 79.9. The first-order valence-electron chi connectivity index (χ1n) is 5.02. The summed E-state index contributed by atoms with van der Waals surface area (Å²) < 4.78 is 5.53. The first kappa shape index (κ1) is 11.8. The number of anilines is 1. The van der Waals surface area contributed by atoms with Crippen molar-refractivity contribution < 1.29 is 9.53 Å². The Morgan fingerprint density at radius 3 is 2.69 bits per heavy atom. The van der Waals surface area contributed by atoms with Crippen LogP contribution in [0.1, 0.15) is 12.8 Å². The summed E-state index contributed by atoms with van der Waals surface area (Å²) in [6.45, 7) is 1.67. The molecule has 0 N–H and O–H groups in total. The number of nitrogens with zero attached hydrogens (tertiary/aromatic N) is 3. The molecule has 1 aromatic heterocycles. The highest BCUT2D eigenvalue weighted by Gasteiger charge is 2.26. The summed E-state index contributed by atoms with van der Waals surface area (Å²) in [4.78, 5) is 13.5. The third-order valence-corrected chi connectivity index (χ3v) is 4.11. The maximum atomic E-state index is 11.3. The molecule has 1 aliphatic heterocycles. The van der Waals surface area contributed by atoms with Crippen LogP contribution in [0.15, 0.2) is 3.92 Å². The van der Waals surface area contributed by atoms with Gasteiger partial charge in [-0.05, 0) is 28.8 Å². The van der Waals surface area contributed by atoms with Crippen molar-refractivity contribution in [2.24, 2.45) is 5.92 Å². The number of methoxy groups -OCH3 is 1. The lowest BCUT2D eigenvalue weighted by molar-refractivity contribution is -0.146. The first-order chi connectivity index (χ1) is 7.70. The Balaban J connectivity index is 1.92. The summed E-state index contributed by atoms with van der Waals surface area (Å²) in [5.74, 6) is -0.0595. The lowest BCUT2D eigenvalue weighted by Crippen LogP contribution is -2.36. The van der Waals surface area contributed by atoms with Crippen LogP contribution in [0.5, 0.6) is 0 Å². The molecule has 0 spiro atoms. The molecule has 0 radical (unpaired) electrons. The predicted octanol–water partition coefficient (Wildman–Crippen LogP) is 1.69. The van der Waals surface area contributed by atoms with Gasteiger partial charge < -0.3 is 9.64 Å². The van der Waals surface area contributed by atoms with Crippen LogP contribution in [0.25, 0.3) is 0 Å². The molecule has 2 heterocycles. The molecule has 7 heteroatoms. The molecule has 1 aliphatic rings. The molecule has 16 heavy (non-hydrogen) atoms. The van der Waals surface area contributed by atoms with Gasteiger partial charge in [-0.1, -0.05) is 11.3 Å². The Kier molecular flexibility index (Phi) is 3.75. The molecule has 2 rings (SSSR count). The van der Waals surface area contributed by atoms with Crippen molar-refractivity contribution in [3.8, 4) is 0 Å². The normalized spacial score (nSPS) is 17.5. The third-order valence-electron chi connectivity index (χ3n) is 2.69. The maximum Gasteiger partial charge on any atom is 0.308 e. The van der Waals surface area contributed by atoms with Crippen molar-refractivity contribution in [2.75, 3.05) is 25.1 Å². The second-order valence-corrected chi connectivity index (χ2v) is 5.85. The van der Waals surface area contributed by atoms with Crippen LogP contribution < -0.4 is 4.90 Å². The van der Waals surface area contributed by atoms with Gasteiger partial charge in [0.05, 0.1) is 13.0 Å². The Labute approximate surface area is 106 Å². The zero-order valence-corrected chi connectivity index (χ0v) is 11.3. The number of rotatable bonds is 2. The van der Waals surface area contributed by atoms with E-state index < -0.39 is 0 Å². The van der Waals surface area contributed by atoms with Gasteiger partial charge in [0.2, 0.25) is 5.13 Å². The van der Waals surface area contributed by atoms with Gasteiger partial charge in [-0.25, -0.2) is 0 Å². The number of carbonyl (C=O) groups excluding carboxylic acids is 1. The molecule has 0 bridgehead atoms. The zero-order chi connectivity index (χ0) is 11.5. The second kappa shape index (κ2) is 5.09. The summed E-state index contributed by atoms with van der Waals surface area (Å²) in [5.41, 5.74) is 0. The predicted molar refractivity (Wildman–Crippen MR) is 64.6 cm³/mol. The van der Waals surface area contributed by atoms with Crippen molar-refractivity contribution in [3.05, 3.63) is 3.92 Å². The summed E-state index contributed by atoms with van der Waals surface area (Å²) in [7, 11) is 1.44. The number of ether oxygens (including phenoxy) is 1. The standard InChI is InChI=1S/C9H12BrN3O2S/c1-15-7(14)6-2-4-13(5-3-6)9-12-11-8(10)16-9/h6H,2-5H2,1H3. The number of halogens is 1. The molecular formula is C9H12BrN3O2S. The fourth-order valence-corrected chi connectivity index (χ4v) is 2.94. The summed E-state index contributed by atoms with van der Waals surface area (Å²) in [6.07, 6.45) is 1.65. The number of hydrogen-bond acceptors (Lipinski definition) is 6. The molecule has 0 saturated carbocycles. The first-order valence-corrected chi connectivity index (χ1v) is 6.63. The molecule has 0 amide bonds. The number of aromatic nitrogens is 2. The van der Waals surface area contributed by atoms with Crippen LogP contribution in [0.4, 0.5) is 5.13 Å². The second-order valence-electron chi connectivity index (χ2n) is 3.62. The zero-order valence-electron chi connectivity index (χ0n) is 8.85. The van der Waals surface area contributed by atoms with Crippen LogP contribution in [-0.2, 0) is 9.53 Å². The summed E-state index contributed by atoms with van der Waals surface area (Å²) in [5, 5.41) is 8.89. The monoisotopic (exact) mass is 305 g/mol. The summed E-state index contributed by atoms with van der Waals surface area (Å²) in [6, 6.07) is 0. The minimum Gasteiger partial charge on any atom is -0.469 e. The van der Waals surface area contributed by atoms with E-state index in [1.165, 1.54) is 18.4 Å². The Morgan fingerprint density at radius 1 is 1.50 bits per heavy atom.